The molecular formula is C16H19N3O4. The van der Waals surface area contributed by atoms with Crippen LogP contribution in [0.5, 0.6) is 0 Å². The fraction of sp³-hybridized carbons (Fsp3) is 0.312. The number of carbonyl (C=O) groups excluding carboxylic acids is 1. The molecule has 0 N–H and O–H groups in total. The minimum Gasteiger partial charge on any atom is -0.464 e. The van der Waals surface area contributed by atoms with Crippen LogP contribution in [0.4, 0.5) is 0 Å². The second-order valence-corrected chi connectivity index (χ2v) is 5.38. The number of hydrogen-bond donors (Lipinski definition) is 0. The van der Waals surface area contributed by atoms with Gasteiger partial charge in [0.15, 0.2) is 0 Å². The number of aryl methyl sites for hydroxylation is 2. The highest BCUT2D eigenvalue weighted by Crippen LogP contribution is 2.09. The van der Waals surface area contributed by atoms with Gasteiger partial charge in [-0.1, -0.05) is 0 Å². The average Bonchev–Trinajstić information content (AvgIpc) is 2.92. The maximum absolute atomic E-state index is 12.1. The summed E-state index contributed by atoms with van der Waals surface area (Å²) in [7, 11) is 4.59. The fourth-order valence-electron chi connectivity index (χ4n) is 2.12. The van der Waals surface area contributed by atoms with Gasteiger partial charge in [0.05, 0.1) is 12.1 Å². The fourth-order valence-corrected chi connectivity index (χ4v) is 2.12. The Morgan fingerprint density at radius 1 is 1.30 bits per heavy atom. The quantitative estimate of drug-likeness (QED) is 0.776. The molecule has 2 rings (SSSR count). The van der Waals surface area contributed by atoms with Gasteiger partial charge in [-0.05, 0) is 25.1 Å². The van der Waals surface area contributed by atoms with Crippen molar-refractivity contribution in [1.29, 1.82) is 0 Å². The van der Waals surface area contributed by atoms with E-state index < -0.39 is 11.2 Å². The highest BCUT2D eigenvalue weighted by molar-refractivity contribution is 5.91. The first kappa shape index (κ1) is 16.5. The van der Waals surface area contributed by atoms with Crippen molar-refractivity contribution in [3.05, 3.63) is 62.3 Å². The molecule has 7 heteroatoms. The lowest BCUT2D eigenvalue weighted by Crippen LogP contribution is -2.37. The number of amides is 1. The zero-order valence-corrected chi connectivity index (χ0v) is 13.6. The third-order valence-corrected chi connectivity index (χ3v) is 3.44. The largest absolute Gasteiger partial charge is 0.464 e. The molecule has 0 unspecified atom stereocenters. The molecule has 23 heavy (non-hydrogen) atoms. The minimum atomic E-state index is -0.443. The Kier molecular flexibility index (Phi) is 4.68. The third kappa shape index (κ3) is 3.68. The first-order chi connectivity index (χ1) is 10.8. The van der Waals surface area contributed by atoms with Gasteiger partial charge in [-0.25, -0.2) is 4.79 Å². The molecule has 0 aliphatic heterocycles. The van der Waals surface area contributed by atoms with Gasteiger partial charge in [0, 0.05) is 33.4 Å². The van der Waals surface area contributed by atoms with Crippen LogP contribution < -0.4 is 11.2 Å². The molecular weight excluding hydrogens is 298 g/mol. The third-order valence-electron chi connectivity index (χ3n) is 3.44. The van der Waals surface area contributed by atoms with Gasteiger partial charge in [-0.3, -0.25) is 14.2 Å². The summed E-state index contributed by atoms with van der Waals surface area (Å²) in [6.45, 7) is 2.17. The van der Waals surface area contributed by atoms with E-state index >= 15 is 0 Å². The van der Waals surface area contributed by atoms with E-state index in [-0.39, 0.29) is 11.5 Å². The van der Waals surface area contributed by atoms with Crippen LogP contribution in [0.15, 0.2) is 38.4 Å². The maximum Gasteiger partial charge on any atom is 0.330 e. The summed E-state index contributed by atoms with van der Waals surface area (Å²) in [5, 5.41) is 0. The highest BCUT2D eigenvalue weighted by Gasteiger charge is 2.09. The number of rotatable bonds is 4. The predicted octanol–water partition coefficient (Wildman–Crippen LogP) is 0.657. The molecule has 0 atom stereocenters. The number of carbonyl (C=O) groups is 1. The summed E-state index contributed by atoms with van der Waals surface area (Å²) in [4.78, 5) is 37.2. The molecule has 0 saturated heterocycles. The topological polar surface area (TPSA) is 77.5 Å². The predicted molar refractivity (Wildman–Crippen MR) is 85.9 cm³/mol. The van der Waals surface area contributed by atoms with Crippen molar-refractivity contribution in [3.8, 4) is 0 Å². The summed E-state index contributed by atoms with van der Waals surface area (Å²) in [6.07, 6.45) is 4.12. The van der Waals surface area contributed by atoms with E-state index in [9.17, 15) is 14.4 Å². The van der Waals surface area contributed by atoms with Crippen LogP contribution in [0.25, 0.3) is 6.08 Å². The lowest BCUT2D eigenvalue weighted by Gasteiger charge is -2.13. The van der Waals surface area contributed by atoms with Crippen LogP contribution in [0.3, 0.4) is 0 Å². The van der Waals surface area contributed by atoms with E-state index in [1.165, 1.54) is 34.9 Å². The zero-order chi connectivity index (χ0) is 17.1. The van der Waals surface area contributed by atoms with Crippen molar-refractivity contribution in [2.24, 2.45) is 14.1 Å². The Hall–Kier alpha value is -2.83. The van der Waals surface area contributed by atoms with Crippen LogP contribution in [0, 0.1) is 6.92 Å². The van der Waals surface area contributed by atoms with E-state index in [1.54, 1.807) is 14.1 Å². The molecule has 0 fully saturated rings. The van der Waals surface area contributed by atoms with Crippen molar-refractivity contribution in [2.45, 2.75) is 13.5 Å². The van der Waals surface area contributed by atoms with Crippen molar-refractivity contribution in [3.63, 3.8) is 0 Å². The number of nitrogens with zero attached hydrogens (tertiary/aromatic N) is 3. The standard InChI is InChI=1S/C16H19N3O4/c1-11-5-7-13(23-11)10-17(2)14(20)8-6-12-9-18(3)16(22)19(4)15(12)21/h5-9H,10H2,1-4H3/b8-6+. The molecule has 7 nitrogen and oxygen atoms in total. The molecule has 2 heterocycles. The Morgan fingerprint density at radius 3 is 2.61 bits per heavy atom. The Labute approximate surface area is 133 Å². The monoisotopic (exact) mass is 317 g/mol. The van der Waals surface area contributed by atoms with Gasteiger partial charge in [-0.2, -0.15) is 0 Å². The Bertz CT molecular complexity index is 870. The lowest BCUT2D eigenvalue weighted by atomic mass is 10.3. The Balaban J connectivity index is 2.15. The van der Waals surface area contributed by atoms with Gasteiger partial charge in [0.2, 0.25) is 5.91 Å². The lowest BCUT2D eigenvalue weighted by molar-refractivity contribution is -0.125. The van der Waals surface area contributed by atoms with E-state index in [0.29, 0.717) is 12.3 Å². The number of aromatic nitrogens is 2. The van der Waals surface area contributed by atoms with Crippen molar-refractivity contribution < 1.29 is 9.21 Å². The molecule has 0 spiro atoms. The van der Waals surface area contributed by atoms with Crippen molar-refractivity contribution >= 4 is 12.0 Å². The number of furan rings is 1. The molecule has 0 aliphatic carbocycles. The molecule has 2 aromatic rings. The molecule has 2 aromatic heterocycles. The summed E-state index contributed by atoms with van der Waals surface area (Å²) in [5.74, 6) is 1.20. The van der Waals surface area contributed by atoms with Crippen molar-refractivity contribution in [1.82, 2.24) is 14.0 Å². The summed E-state index contributed by atoms with van der Waals surface area (Å²) in [5.41, 5.74) is -0.588. The average molecular weight is 317 g/mol. The van der Waals surface area contributed by atoms with E-state index in [0.717, 1.165) is 10.3 Å². The second-order valence-electron chi connectivity index (χ2n) is 5.38. The zero-order valence-electron chi connectivity index (χ0n) is 13.6. The minimum absolute atomic E-state index is 0.269. The normalized spacial score (nSPS) is 11.1. The summed E-state index contributed by atoms with van der Waals surface area (Å²) in [6, 6.07) is 3.64. The smallest absolute Gasteiger partial charge is 0.330 e. The molecule has 0 bridgehead atoms. The van der Waals surface area contributed by atoms with E-state index in [4.69, 9.17) is 4.42 Å². The second kappa shape index (κ2) is 6.51. The van der Waals surface area contributed by atoms with Crippen LogP contribution in [-0.4, -0.2) is 27.0 Å². The van der Waals surface area contributed by atoms with E-state index in [2.05, 4.69) is 0 Å². The first-order valence-electron chi connectivity index (χ1n) is 7.04. The van der Waals surface area contributed by atoms with Crippen molar-refractivity contribution in [2.75, 3.05) is 7.05 Å². The highest BCUT2D eigenvalue weighted by atomic mass is 16.3. The molecule has 0 aromatic carbocycles. The van der Waals surface area contributed by atoms with Gasteiger partial charge in [0.1, 0.15) is 11.5 Å². The van der Waals surface area contributed by atoms with Crippen LogP contribution in [0.2, 0.25) is 0 Å². The molecule has 0 radical (unpaired) electrons. The van der Waals surface area contributed by atoms with Gasteiger partial charge in [0.25, 0.3) is 5.56 Å². The van der Waals surface area contributed by atoms with Gasteiger partial charge < -0.3 is 13.9 Å². The van der Waals surface area contributed by atoms with Gasteiger partial charge in [-0.15, -0.1) is 0 Å². The number of likely N-dealkylation sites (N-methyl/N-ethyl adjacent to an activating group) is 1. The van der Waals surface area contributed by atoms with Crippen LogP contribution >= 0.6 is 0 Å². The molecule has 0 aliphatic rings. The molecule has 0 saturated carbocycles. The van der Waals surface area contributed by atoms with E-state index in [1.807, 2.05) is 19.1 Å². The first-order valence-corrected chi connectivity index (χ1v) is 7.04. The van der Waals surface area contributed by atoms with Gasteiger partial charge >= 0.3 is 5.69 Å². The molecule has 1 amide bonds. The summed E-state index contributed by atoms with van der Waals surface area (Å²) >= 11 is 0. The summed E-state index contributed by atoms with van der Waals surface area (Å²) < 4.78 is 7.71. The SMILES string of the molecule is Cc1ccc(CN(C)C(=O)/C=C/c2cn(C)c(=O)n(C)c2=O)o1. The Morgan fingerprint density at radius 2 is 2.00 bits per heavy atom. The maximum atomic E-state index is 12.1. The number of hydrogen-bond acceptors (Lipinski definition) is 4. The molecule has 122 valence electrons. The van der Waals surface area contributed by atoms with Crippen LogP contribution in [0.1, 0.15) is 17.1 Å². The van der Waals surface area contributed by atoms with Crippen LogP contribution in [-0.2, 0) is 25.4 Å².